The van der Waals surface area contributed by atoms with E-state index in [2.05, 4.69) is 44.8 Å². The van der Waals surface area contributed by atoms with Crippen molar-refractivity contribution in [3.05, 3.63) is 45.1 Å². The van der Waals surface area contributed by atoms with Crippen molar-refractivity contribution < 1.29 is 0 Å². The number of hydrogen-bond donors (Lipinski definition) is 2. The van der Waals surface area contributed by atoms with Crippen LogP contribution in [0.5, 0.6) is 0 Å². The van der Waals surface area contributed by atoms with Gasteiger partial charge in [0.25, 0.3) is 0 Å². The number of rotatable bonds is 7. The number of thiazole rings is 1. The summed E-state index contributed by atoms with van der Waals surface area (Å²) in [5.41, 5.74) is 2.16. The van der Waals surface area contributed by atoms with Gasteiger partial charge in [0.2, 0.25) is 0 Å². The van der Waals surface area contributed by atoms with Gasteiger partial charge in [0.1, 0.15) is 5.15 Å². The first-order valence-electron chi connectivity index (χ1n) is 7.77. The maximum Gasteiger partial charge on any atom is 0.191 e. The minimum Gasteiger partial charge on any atom is -0.357 e. The van der Waals surface area contributed by atoms with E-state index in [4.69, 9.17) is 11.6 Å². The average Bonchev–Trinajstić information content (AvgIpc) is 3.02. The zero-order chi connectivity index (χ0) is 16.5. The summed E-state index contributed by atoms with van der Waals surface area (Å²) >= 11 is 7.48. The zero-order valence-electron chi connectivity index (χ0n) is 13.9. The molecule has 2 aromatic heterocycles. The fraction of sp³-hybridized carbons (Fsp3) is 0.438. The fourth-order valence-electron chi connectivity index (χ4n) is 1.97. The number of nitrogens with zero attached hydrogens (tertiary/aromatic N) is 3. The third-order valence-corrected chi connectivity index (χ3v) is 4.41. The van der Waals surface area contributed by atoms with E-state index in [1.165, 1.54) is 0 Å². The third-order valence-electron chi connectivity index (χ3n) is 3.14. The van der Waals surface area contributed by atoms with Crippen LogP contribution in [0.4, 0.5) is 0 Å². The van der Waals surface area contributed by atoms with Gasteiger partial charge in [-0.3, -0.25) is 0 Å². The lowest BCUT2D eigenvalue weighted by atomic mass is 10.2. The number of halogens is 2. The van der Waals surface area contributed by atoms with Gasteiger partial charge < -0.3 is 10.6 Å². The molecule has 0 atom stereocenters. The normalized spacial score (nSPS) is 11.0. The minimum absolute atomic E-state index is 0. The van der Waals surface area contributed by atoms with E-state index < -0.39 is 0 Å². The number of hydrogen-bond acceptors (Lipinski definition) is 4. The van der Waals surface area contributed by atoms with Crippen molar-refractivity contribution in [1.82, 2.24) is 20.6 Å². The molecule has 8 heteroatoms. The highest BCUT2D eigenvalue weighted by molar-refractivity contribution is 14.0. The summed E-state index contributed by atoms with van der Waals surface area (Å²) in [6.45, 7) is 6.37. The largest absolute Gasteiger partial charge is 0.357 e. The predicted molar refractivity (Wildman–Crippen MR) is 113 cm³/mol. The van der Waals surface area contributed by atoms with Gasteiger partial charge in [-0.15, -0.1) is 35.3 Å². The van der Waals surface area contributed by atoms with Gasteiger partial charge in [0.15, 0.2) is 5.96 Å². The number of guanidine groups is 1. The van der Waals surface area contributed by atoms with Crippen LogP contribution in [0.2, 0.25) is 5.15 Å². The van der Waals surface area contributed by atoms with Crippen molar-refractivity contribution in [2.45, 2.75) is 33.2 Å². The molecule has 132 valence electrons. The Morgan fingerprint density at radius 1 is 1.29 bits per heavy atom. The van der Waals surface area contributed by atoms with Crippen LogP contribution in [0.1, 0.15) is 30.1 Å². The molecule has 0 bridgehead atoms. The van der Waals surface area contributed by atoms with Gasteiger partial charge in [-0.2, -0.15) is 0 Å². The summed E-state index contributed by atoms with van der Waals surface area (Å²) < 4.78 is 0. The van der Waals surface area contributed by atoms with Crippen molar-refractivity contribution in [2.24, 2.45) is 4.99 Å². The average molecular weight is 480 g/mol. The van der Waals surface area contributed by atoms with Crippen LogP contribution < -0.4 is 10.6 Å². The molecule has 0 fully saturated rings. The lowest BCUT2D eigenvalue weighted by Crippen LogP contribution is -2.38. The van der Waals surface area contributed by atoms with E-state index in [0.29, 0.717) is 11.7 Å². The van der Waals surface area contributed by atoms with Crippen molar-refractivity contribution in [3.63, 3.8) is 0 Å². The Labute approximate surface area is 169 Å². The second-order valence-electron chi connectivity index (χ2n) is 4.95. The molecule has 0 aromatic carbocycles. The smallest absolute Gasteiger partial charge is 0.191 e. The molecule has 0 radical (unpaired) electrons. The number of pyridine rings is 1. The highest BCUT2D eigenvalue weighted by Gasteiger charge is 2.02. The Morgan fingerprint density at radius 2 is 2.12 bits per heavy atom. The summed E-state index contributed by atoms with van der Waals surface area (Å²) in [7, 11) is 0. The molecule has 5 nitrogen and oxygen atoms in total. The second-order valence-corrected chi connectivity index (χ2v) is 6.28. The van der Waals surface area contributed by atoms with Crippen molar-refractivity contribution in [3.8, 4) is 0 Å². The number of aryl methyl sites for hydroxylation is 1. The van der Waals surface area contributed by atoms with Crippen molar-refractivity contribution in [1.29, 1.82) is 0 Å². The molecular formula is C16H23ClIN5S. The van der Waals surface area contributed by atoms with Gasteiger partial charge in [0, 0.05) is 24.7 Å². The standard InChI is InChI=1S/C16H22ClN5S.HI/c1-3-15-22-13(11-23-15)10-21-16(18-4-2)19-8-7-12-5-6-14(17)20-9-12;/h5-6,9,11H,3-4,7-8,10H2,1-2H3,(H2,18,19,21);1H. The molecule has 0 aliphatic rings. The van der Waals surface area contributed by atoms with E-state index in [1.54, 1.807) is 17.5 Å². The molecule has 2 rings (SSSR count). The predicted octanol–water partition coefficient (Wildman–Crippen LogP) is 3.67. The Balaban J connectivity index is 0.00000288. The Hall–Kier alpha value is -0.930. The van der Waals surface area contributed by atoms with Gasteiger partial charge in [0.05, 0.1) is 17.2 Å². The maximum atomic E-state index is 5.79. The summed E-state index contributed by atoms with van der Waals surface area (Å²) in [4.78, 5) is 13.2. The van der Waals surface area contributed by atoms with Gasteiger partial charge in [-0.25, -0.2) is 15.0 Å². The summed E-state index contributed by atoms with van der Waals surface area (Å²) in [6.07, 6.45) is 3.64. The van der Waals surface area contributed by atoms with Crippen LogP contribution in [0.25, 0.3) is 0 Å². The molecule has 0 saturated heterocycles. The quantitative estimate of drug-likeness (QED) is 0.275. The highest BCUT2D eigenvalue weighted by Crippen LogP contribution is 2.10. The Bertz CT molecular complexity index is 630. The molecule has 0 amide bonds. The first-order valence-corrected chi connectivity index (χ1v) is 9.03. The van der Waals surface area contributed by atoms with Crippen LogP contribution in [-0.4, -0.2) is 29.0 Å². The van der Waals surface area contributed by atoms with E-state index in [9.17, 15) is 0 Å². The molecule has 24 heavy (non-hydrogen) atoms. The summed E-state index contributed by atoms with van der Waals surface area (Å²) in [5, 5.41) is 10.3. The number of aromatic nitrogens is 2. The van der Waals surface area contributed by atoms with Crippen LogP contribution in [0, 0.1) is 0 Å². The first-order chi connectivity index (χ1) is 11.2. The van der Waals surface area contributed by atoms with Crippen molar-refractivity contribution in [2.75, 3.05) is 13.1 Å². The lowest BCUT2D eigenvalue weighted by Gasteiger charge is -2.10. The van der Waals surface area contributed by atoms with Crippen LogP contribution >= 0.6 is 46.9 Å². The maximum absolute atomic E-state index is 5.79. The molecule has 0 spiro atoms. The monoisotopic (exact) mass is 479 g/mol. The van der Waals surface area contributed by atoms with Gasteiger partial charge >= 0.3 is 0 Å². The molecule has 0 aliphatic heterocycles. The fourth-order valence-corrected chi connectivity index (χ4v) is 2.81. The van der Waals surface area contributed by atoms with Crippen LogP contribution in [-0.2, 0) is 19.4 Å². The topological polar surface area (TPSA) is 62.2 Å². The number of nitrogens with one attached hydrogen (secondary N) is 2. The molecule has 2 heterocycles. The second kappa shape index (κ2) is 11.6. The lowest BCUT2D eigenvalue weighted by molar-refractivity contribution is 0.795. The summed E-state index contributed by atoms with van der Waals surface area (Å²) in [5.74, 6) is 0.806. The SMILES string of the molecule is CCNC(=NCc1csc(CC)n1)NCCc1ccc(Cl)nc1.I. The molecule has 2 aromatic rings. The van der Waals surface area contributed by atoms with Gasteiger partial charge in [-0.05, 0) is 31.4 Å². The molecule has 2 N–H and O–H groups in total. The first kappa shape index (κ1) is 21.1. The van der Waals surface area contributed by atoms with E-state index in [1.807, 2.05) is 12.1 Å². The molecule has 0 unspecified atom stereocenters. The Morgan fingerprint density at radius 3 is 2.75 bits per heavy atom. The Kier molecular flexibility index (Phi) is 10.2. The van der Waals surface area contributed by atoms with Crippen molar-refractivity contribution >= 4 is 52.9 Å². The third kappa shape index (κ3) is 7.31. The van der Waals surface area contributed by atoms with E-state index in [0.717, 1.165) is 48.2 Å². The highest BCUT2D eigenvalue weighted by atomic mass is 127. The van der Waals surface area contributed by atoms with E-state index in [-0.39, 0.29) is 24.0 Å². The minimum atomic E-state index is 0. The number of aliphatic imine (C=N–C) groups is 1. The van der Waals surface area contributed by atoms with E-state index >= 15 is 0 Å². The van der Waals surface area contributed by atoms with Crippen LogP contribution in [0.3, 0.4) is 0 Å². The van der Waals surface area contributed by atoms with Crippen LogP contribution in [0.15, 0.2) is 28.7 Å². The molecule has 0 saturated carbocycles. The van der Waals surface area contributed by atoms with Gasteiger partial charge in [-0.1, -0.05) is 24.6 Å². The zero-order valence-corrected chi connectivity index (χ0v) is 17.8. The molecular weight excluding hydrogens is 457 g/mol. The summed E-state index contributed by atoms with van der Waals surface area (Å²) in [6, 6.07) is 3.80. The molecule has 0 aliphatic carbocycles.